The Hall–Kier alpha value is -2.37. The molecule has 1 aromatic rings. The maximum Gasteiger partial charge on any atom is 0.310 e. The SMILES string of the molecule is CC(C)C(=O)Nc1ccc(NC(=O)CC2(C(=O)O)CCCC2)cc1. The summed E-state index contributed by atoms with van der Waals surface area (Å²) in [5.41, 5.74) is 0.320. The molecular formula is C18H24N2O4. The lowest BCUT2D eigenvalue weighted by molar-refractivity contribution is -0.150. The zero-order chi connectivity index (χ0) is 17.7. The van der Waals surface area contributed by atoms with Crippen LogP contribution in [0.3, 0.4) is 0 Å². The van der Waals surface area contributed by atoms with Gasteiger partial charge in [-0.2, -0.15) is 0 Å². The van der Waals surface area contributed by atoms with Crippen molar-refractivity contribution in [2.45, 2.75) is 46.0 Å². The third kappa shape index (κ3) is 4.34. The minimum Gasteiger partial charge on any atom is -0.481 e. The van der Waals surface area contributed by atoms with E-state index in [0.717, 1.165) is 12.8 Å². The van der Waals surface area contributed by atoms with Crippen LogP contribution in [-0.2, 0) is 14.4 Å². The second kappa shape index (κ2) is 7.47. The monoisotopic (exact) mass is 332 g/mol. The first-order valence-corrected chi connectivity index (χ1v) is 8.26. The summed E-state index contributed by atoms with van der Waals surface area (Å²) in [7, 11) is 0. The standard InChI is InChI=1S/C18H24N2O4/c1-12(2)16(22)20-14-7-5-13(6-8-14)19-15(21)11-18(17(23)24)9-3-4-10-18/h5-8,12H,3-4,9-11H2,1-2H3,(H,19,21)(H,20,22)(H,23,24). The molecule has 24 heavy (non-hydrogen) atoms. The van der Waals surface area contributed by atoms with E-state index in [9.17, 15) is 19.5 Å². The molecule has 0 aromatic heterocycles. The topological polar surface area (TPSA) is 95.5 Å². The summed E-state index contributed by atoms with van der Waals surface area (Å²) >= 11 is 0. The van der Waals surface area contributed by atoms with Gasteiger partial charge in [0.15, 0.2) is 0 Å². The Balaban J connectivity index is 1.94. The van der Waals surface area contributed by atoms with Crippen LogP contribution in [0.2, 0.25) is 0 Å². The summed E-state index contributed by atoms with van der Waals surface area (Å²) in [5, 5.41) is 14.9. The molecule has 0 atom stereocenters. The summed E-state index contributed by atoms with van der Waals surface area (Å²) in [6, 6.07) is 6.79. The van der Waals surface area contributed by atoms with Gasteiger partial charge in [0, 0.05) is 23.7 Å². The highest BCUT2D eigenvalue weighted by atomic mass is 16.4. The normalized spacial score (nSPS) is 16.0. The fraction of sp³-hybridized carbons (Fsp3) is 0.500. The Kier molecular flexibility index (Phi) is 5.59. The number of benzene rings is 1. The average Bonchev–Trinajstić information content (AvgIpc) is 2.98. The van der Waals surface area contributed by atoms with Gasteiger partial charge >= 0.3 is 5.97 Å². The molecule has 6 nitrogen and oxygen atoms in total. The highest BCUT2D eigenvalue weighted by Gasteiger charge is 2.42. The van der Waals surface area contributed by atoms with Crippen LogP contribution in [-0.4, -0.2) is 22.9 Å². The van der Waals surface area contributed by atoms with Crippen LogP contribution in [0, 0.1) is 11.3 Å². The van der Waals surface area contributed by atoms with Gasteiger partial charge in [0.1, 0.15) is 0 Å². The Morgan fingerprint density at radius 3 is 2.00 bits per heavy atom. The molecule has 2 rings (SSSR count). The van der Waals surface area contributed by atoms with Crippen LogP contribution < -0.4 is 10.6 Å². The van der Waals surface area contributed by atoms with Crippen molar-refractivity contribution >= 4 is 29.2 Å². The van der Waals surface area contributed by atoms with E-state index in [4.69, 9.17) is 0 Å². The van der Waals surface area contributed by atoms with Crippen LogP contribution in [0.1, 0.15) is 46.0 Å². The fourth-order valence-corrected chi connectivity index (χ4v) is 2.95. The molecule has 3 N–H and O–H groups in total. The number of rotatable bonds is 6. The Morgan fingerprint density at radius 1 is 1.04 bits per heavy atom. The first-order valence-electron chi connectivity index (χ1n) is 8.26. The zero-order valence-electron chi connectivity index (χ0n) is 14.1. The van der Waals surface area contributed by atoms with Crippen LogP contribution in [0.5, 0.6) is 0 Å². The van der Waals surface area contributed by atoms with Crippen LogP contribution in [0.4, 0.5) is 11.4 Å². The molecule has 1 aliphatic carbocycles. The third-order valence-electron chi connectivity index (χ3n) is 4.47. The molecule has 130 valence electrons. The number of hydrogen-bond donors (Lipinski definition) is 3. The molecule has 1 aromatic carbocycles. The van der Waals surface area contributed by atoms with Gasteiger partial charge in [-0.05, 0) is 37.1 Å². The van der Waals surface area contributed by atoms with Crippen molar-refractivity contribution in [3.05, 3.63) is 24.3 Å². The molecule has 1 aliphatic rings. The highest BCUT2D eigenvalue weighted by molar-refractivity contribution is 5.95. The van der Waals surface area contributed by atoms with Crippen LogP contribution in [0.25, 0.3) is 0 Å². The molecule has 0 bridgehead atoms. The largest absolute Gasteiger partial charge is 0.481 e. The summed E-state index contributed by atoms with van der Waals surface area (Å²) in [6.07, 6.45) is 2.80. The van der Waals surface area contributed by atoms with E-state index >= 15 is 0 Å². The fourth-order valence-electron chi connectivity index (χ4n) is 2.95. The van der Waals surface area contributed by atoms with Gasteiger partial charge in [0.25, 0.3) is 0 Å². The first-order chi connectivity index (χ1) is 11.3. The number of nitrogens with one attached hydrogen (secondary N) is 2. The van der Waals surface area contributed by atoms with Gasteiger partial charge in [0.05, 0.1) is 5.41 Å². The van der Waals surface area contributed by atoms with E-state index in [1.54, 1.807) is 24.3 Å². The maximum atomic E-state index is 12.2. The molecule has 6 heteroatoms. The number of carbonyl (C=O) groups is 3. The minimum absolute atomic E-state index is 0.00578. The molecule has 1 saturated carbocycles. The smallest absolute Gasteiger partial charge is 0.310 e. The van der Waals surface area contributed by atoms with Crippen molar-refractivity contribution in [1.29, 1.82) is 0 Å². The summed E-state index contributed by atoms with van der Waals surface area (Å²) in [5.74, 6) is -1.36. The lowest BCUT2D eigenvalue weighted by Gasteiger charge is -2.22. The molecule has 1 fully saturated rings. The average molecular weight is 332 g/mol. The van der Waals surface area contributed by atoms with Crippen molar-refractivity contribution in [3.63, 3.8) is 0 Å². The van der Waals surface area contributed by atoms with Gasteiger partial charge in [-0.15, -0.1) is 0 Å². The van der Waals surface area contributed by atoms with Crippen molar-refractivity contribution in [2.75, 3.05) is 10.6 Å². The molecule has 2 amide bonds. The molecule has 0 heterocycles. The summed E-state index contributed by atoms with van der Waals surface area (Å²) < 4.78 is 0. The van der Waals surface area contributed by atoms with E-state index in [-0.39, 0.29) is 24.2 Å². The number of carboxylic acid groups (broad SMARTS) is 1. The number of hydrogen-bond acceptors (Lipinski definition) is 3. The highest BCUT2D eigenvalue weighted by Crippen LogP contribution is 2.41. The Bertz CT molecular complexity index is 616. The molecular weight excluding hydrogens is 308 g/mol. The first kappa shape index (κ1) is 18.0. The van der Waals surface area contributed by atoms with Crippen LogP contribution in [0.15, 0.2) is 24.3 Å². The van der Waals surface area contributed by atoms with Crippen molar-refractivity contribution in [3.8, 4) is 0 Å². The van der Waals surface area contributed by atoms with E-state index < -0.39 is 11.4 Å². The number of carboxylic acids is 1. The number of anilines is 2. The summed E-state index contributed by atoms with van der Waals surface area (Å²) in [6.45, 7) is 3.62. The predicted molar refractivity (Wildman–Crippen MR) is 91.7 cm³/mol. The van der Waals surface area contributed by atoms with Gasteiger partial charge in [-0.1, -0.05) is 26.7 Å². The Morgan fingerprint density at radius 2 is 1.54 bits per heavy atom. The number of carbonyl (C=O) groups excluding carboxylic acids is 2. The third-order valence-corrected chi connectivity index (χ3v) is 4.47. The maximum absolute atomic E-state index is 12.2. The Labute approximate surface area is 141 Å². The zero-order valence-corrected chi connectivity index (χ0v) is 14.1. The van der Waals surface area contributed by atoms with E-state index in [0.29, 0.717) is 24.2 Å². The van der Waals surface area contributed by atoms with Crippen molar-refractivity contribution < 1.29 is 19.5 Å². The lowest BCUT2D eigenvalue weighted by atomic mass is 9.82. The molecule has 0 aliphatic heterocycles. The van der Waals surface area contributed by atoms with E-state index in [1.165, 1.54) is 0 Å². The molecule has 0 saturated heterocycles. The van der Waals surface area contributed by atoms with Gasteiger partial charge in [-0.3, -0.25) is 14.4 Å². The second-order valence-corrected chi connectivity index (χ2v) is 6.74. The van der Waals surface area contributed by atoms with E-state index in [2.05, 4.69) is 10.6 Å². The van der Waals surface area contributed by atoms with Gasteiger partial charge < -0.3 is 15.7 Å². The van der Waals surface area contributed by atoms with Crippen molar-refractivity contribution in [2.24, 2.45) is 11.3 Å². The molecule has 0 radical (unpaired) electrons. The van der Waals surface area contributed by atoms with Gasteiger partial charge in [0.2, 0.25) is 11.8 Å². The molecule has 0 unspecified atom stereocenters. The lowest BCUT2D eigenvalue weighted by Crippen LogP contribution is -2.32. The van der Waals surface area contributed by atoms with Crippen LogP contribution >= 0.6 is 0 Å². The molecule has 0 spiro atoms. The van der Waals surface area contributed by atoms with Gasteiger partial charge in [-0.25, -0.2) is 0 Å². The van der Waals surface area contributed by atoms with E-state index in [1.807, 2.05) is 13.8 Å². The van der Waals surface area contributed by atoms with Crippen molar-refractivity contribution in [1.82, 2.24) is 0 Å². The second-order valence-electron chi connectivity index (χ2n) is 6.74. The number of amides is 2. The minimum atomic E-state index is -0.921. The summed E-state index contributed by atoms with van der Waals surface area (Å²) in [4.78, 5) is 35.3. The predicted octanol–water partition coefficient (Wildman–Crippen LogP) is 3.25. The quantitative estimate of drug-likeness (QED) is 0.745. The number of aliphatic carboxylic acids is 1.